The van der Waals surface area contributed by atoms with Crippen LogP contribution < -0.4 is 0 Å². The maximum absolute atomic E-state index is 8.36. The van der Waals surface area contributed by atoms with Crippen LogP contribution in [0.25, 0.3) is 0 Å². The topological polar surface area (TPSA) is 20.2 Å². The second-order valence-electron chi connectivity index (χ2n) is 1.88. The minimum Gasteiger partial charge on any atom is -0.395 e. The van der Waals surface area contributed by atoms with Gasteiger partial charge in [-0.15, -0.1) is 17.0 Å². The Labute approximate surface area is 63.0 Å². The van der Waals surface area contributed by atoms with E-state index in [4.69, 9.17) is 5.11 Å². The van der Waals surface area contributed by atoms with E-state index in [9.17, 15) is 0 Å². The highest BCUT2D eigenvalue weighted by Gasteiger charge is 2.07. The molecule has 0 aliphatic rings. The summed E-state index contributed by atoms with van der Waals surface area (Å²) in [7, 11) is 0. The van der Waals surface area contributed by atoms with Gasteiger partial charge in [0, 0.05) is 4.32 Å². The summed E-state index contributed by atoms with van der Waals surface area (Å²) >= 11 is 3.23. The van der Waals surface area contributed by atoms with Crippen molar-refractivity contribution < 1.29 is 5.11 Å². The molecule has 0 spiro atoms. The van der Waals surface area contributed by atoms with Crippen molar-refractivity contribution >= 4 is 32.9 Å². The van der Waals surface area contributed by atoms with Crippen LogP contribution in [0.1, 0.15) is 13.8 Å². The molecule has 0 aromatic heterocycles. The van der Waals surface area contributed by atoms with Crippen molar-refractivity contribution in [2.24, 2.45) is 0 Å². The van der Waals surface area contributed by atoms with Gasteiger partial charge in [0.05, 0.1) is 6.61 Å². The molecule has 0 amide bonds. The largest absolute Gasteiger partial charge is 0.395 e. The molecule has 0 heterocycles. The van der Waals surface area contributed by atoms with Gasteiger partial charge in [0.1, 0.15) is 0 Å². The molecule has 0 aromatic rings. The van der Waals surface area contributed by atoms with Crippen LogP contribution in [0.2, 0.25) is 0 Å². The SMILES string of the molecule is Br.CC(C)(Br)CO. The zero-order chi connectivity index (χ0) is 5.21. The number of halogens is 2. The summed E-state index contributed by atoms with van der Waals surface area (Å²) in [4.78, 5) is 0. The van der Waals surface area contributed by atoms with Crippen molar-refractivity contribution in [1.29, 1.82) is 0 Å². The van der Waals surface area contributed by atoms with Gasteiger partial charge in [-0.2, -0.15) is 0 Å². The van der Waals surface area contributed by atoms with Crippen molar-refractivity contribution in [3.63, 3.8) is 0 Å². The fourth-order valence-corrected chi connectivity index (χ4v) is 0. The van der Waals surface area contributed by atoms with Crippen molar-refractivity contribution in [3.8, 4) is 0 Å². The van der Waals surface area contributed by atoms with Crippen LogP contribution in [-0.2, 0) is 0 Å². The van der Waals surface area contributed by atoms with E-state index in [0.717, 1.165) is 0 Å². The first-order valence-corrected chi connectivity index (χ1v) is 2.65. The first-order valence-electron chi connectivity index (χ1n) is 1.86. The predicted molar refractivity (Wildman–Crippen MR) is 40.4 cm³/mol. The minimum atomic E-state index is -0.0903. The van der Waals surface area contributed by atoms with Gasteiger partial charge in [0.2, 0.25) is 0 Å². The van der Waals surface area contributed by atoms with E-state index in [1.807, 2.05) is 13.8 Å². The first-order chi connectivity index (χ1) is 2.56. The average Bonchev–Trinajstić information content (AvgIpc) is 1.35. The lowest BCUT2D eigenvalue weighted by Crippen LogP contribution is -2.14. The molecule has 3 heteroatoms. The molecule has 1 nitrogen and oxygen atoms in total. The summed E-state index contributed by atoms with van der Waals surface area (Å²) < 4.78 is -0.0903. The summed E-state index contributed by atoms with van der Waals surface area (Å²) in [6, 6.07) is 0. The molecule has 0 atom stereocenters. The molecule has 0 bridgehead atoms. The summed E-state index contributed by atoms with van der Waals surface area (Å²) in [6.07, 6.45) is 0. The Morgan fingerprint density at radius 2 is 1.71 bits per heavy atom. The van der Waals surface area contributed by atoms with Gasteiger partial charge in [-0.1, -0.05) is 15.9 Å². The van der Waals surface area contributed by atoms with Crippen molar-refractivity contribution in [2.75, 3.05) is 6.61 Å². The van der Waals surface area contributed by atoms with E-state index in [-0.39, 0.29) is 27.9 Å². The quantitative estimate of drug-likeness (QED) is 0.685. The minimum absolute atomic E-state index is 0. The monoisotopic (exact) mass is 232 g/mol. The molecule has 0 unspecified atom stereocenters. The molecule has 0 saturated heterocycles. The summed E-state index contributed by atoms with van der Waals surface area (Å²) in [5.74, 6) is 0. The normalized spacial score (nSPS) is 10.3. The van der Waals surface area contributed by atoms with Crippen LogP contribution >= 0.6 is 32.9 Å². The smallest absolute Gasteiger partial charge is 0.0579 e. The maximum Gasteiger partial charge on any atom is 0.0579 e. The molecular formula is C4H10Br2O. The highest BCUT2D eigenvalue weighted by molar-refractivity contribution is 9.10. The van der Waals surface area contributed by atoms with E-state index in [1.54, 1.807) is 0 Å². The third kappa shape index (κ3) is 10.9. The zero-order valence-corrected chi connectivity index (χ0v) is 7.74. The average molecular weight is 234 g/mol. The highest BCUT2D eigenvalue weighted by atomic mass is 79.9. The molecule has 0 saturated carbocycles. The van der Waals surface area contributed by atoms with Crippen LogP contribution in [0.5, 0.6) is 0 Å². The molecule has 0 aliphatic carbocycles. The van der Waals surface area contributed by atoms with E-state index in [0.29, 0.717) is 0 Å². The van der Waals surface area contributed by atoms with Gasteiger partial charge in [-0.3, -0.25) is 0 Å². The Hall–Kier alpha value is 0.920. The third-order valence-electron chi connectivity index (χ3n) is 0.376. The van der Waals surface area contributed by atoms with Crippen LogP contribution in [0.3, 0.4) is 0 Å². The van der Waals surface area contributed by atoms with Gasteiger partial charge < -0.3 is 5.11 Å². The lowest BCUT2D eigenvalue weighted by atomic mass is 10.2. The van der Waals surface area contributed by atoms with Crippen molar-refractivity contribution in [2.45, 2.75) is 18.2 Å². The molecule has 0 radical (unpaired) electrons. The van der Waals surface area contributed by atoms with Crippen LogP contribution in [0.4, 0.5) is 0 Å². The highest BCUT2D eigenvalue weighted by Crippen LogP contribution is 2.12. The second-order valence-corrected chi connectivity index (χ2v) is 4.02. The number of alkyl halides is 1. The van der Waals surface area contributed by atoms with Crippen molar-refractivity contribution in [1.82, 2.24) is 0 Å². The number of rotatable bonds is 1. The van der Waals surface area contributed by atoms with Crippen LogP contribution in [-0.4, -0.2) is 16.0 Å². The fraction of sp³-hybridized carbons (Fsp3) is 1.00. The Morgan fingerprint density at radius 3 is 1.71 bits per heavy atom. The molecule has 1 N–H and O–H groups in total. The Bertz CT molecular complexity index is 39.4. The Balaban J connectivity index is 0. The number of aliphatic hydroxyl groups is 1. The molecular weight excluding hydrogens is 224 g/mol. The molecule has 0 rings (SSSR count). The number of hydrogen-bond acceptors (Lipinski definition) is 1. The number of aliphatic hydroxyl groups excluding tert-OH is 1. The van der Waals surface area contributed by atoms with Crippen LogP contribution in [0, 0.1) is 0 Å². The molecule has 0 aromatic carbocycles. The van der Waals surface area contributed by atoms with E-state index < -0.39 is 0 Å². The summed E-state index contributed by atoms with van der Waals surface area (Å²) in [6.45, 7) is 4.01. The van der Waals surface area contributed by atoms with Gasteiger partial charge in [0.25, 0.3) is 0 Å². The molecule has 7 heavy (non-hydrogen) atoms. The van der Waals surface area contributed by atoms with E-state index in [2.05, 4.69) is 15.9 Å². The van der Waals surface area contributed by atoms with Gasteiger partial charge in [0.15, 0.2) is 0 Å². The lowest BCUT2D eigenvalue weighted by Gasteiger charge is -2.08. The summed E-state index contributed by atoms with van der Waals surface area (Å²) in [5.41, 5.74) is 0. The van der Waals surface area contributed by atoms with E-state index in [1.165, 1.54) is 0 Å². The summed E-state index contributed by atoms with van der Waals surface area (Å²) in [5, 5.41) is 8.36. The Morgan fingerprint density at radius 1 is 1.57 bits per heavy atom. The van der Waals surface area contributed by atoms with Crippen molar-refractivity contribution in [3.05, 3.63) is 0 Å². The predicted octanol–water partition coefficient (Wildman–Crippen LogP) is 1.73. The van der Waals surface area contributed by atoms with Gasteiger partial charge in [-0.25, -0.2) is 0 Å². The molecule has 0 fully saturated rings. The molecule has 46 valence electrons. The number of hydrogen-bond donors (Lipinski definition) is 1. The first kappa shape index (κ1) is 10.8. The lowest BCUT2D eigenvalue weighted by molar-refractivity contribution is 0.268. The zero-order valence-electron chi connectivity index (χ0n) is 4.44. The maximum atomic E-state index is 8.36. The second kappa shape index (κ2) is 3.87. The van der Waals surface area contributed by atoms with Gasteiger partial charge >= 0.3 is 0 Å². The third-order valence-corrected chi connectivity index (χ3v) is 0.627. The molecule has 0 aliphatic heterocycles. The van der Waals surface area contributed by atoms with E-state index >= 15 is 0 Å². The van der Waals surface area contributed by atoms with Crippen LogP contribution in [0.15, 0.2) is 0 Å². The van der Waals surface area contributed by atoms with Gasteiger partial charge in [-0.05, 0) is 13.8 Å². The standard InChI is InChI=1S/C4H9BrO.BrH/c1-4(2,5)3-6;/h6H,3H2,1-2H3;1H. The fourth-order valence-electron chi connectivity index (χ4n) is 0. The Kier molecular flexibility index (Phi) is 5.98.